The molecule has 0 spiro atoms. The Balaban J connectivity index is 1.43. The Bertz CT molecular complexity index is 1090. The molecular formula is C20H24N6O3S3. The highest BCUT2D eigenvalue weighted by molar-refractivity contribution is 7.99. The van der Waals surface area contributed by atoms with Gasteiger partial charge in [0.25, 0.3) is 5.91 Å². The Kier molecular flexibility index (Phi) is 7.23. The Morgan fingerprint density at radius 3 is 2.91 bits per heavy atom. The highest BCUT2D eigenvalue weighted by Crippen LogP contribution is 2.29. The SMILES string of the molecule is Cc1nc(NC(=O)CSc2nnc(-c3cccs3)n2CC2CCCO2)sc1C(=O)N(C)C. The molecule has 4 rings (SSSR count). The van der Waals surface area contributed by atoms with Crippen LogP contribution in [0.1, 0.15) is 28.2 Å². The first-order valence-electron chi connectivity index (χ1n) is 10.1. The molecule has 9 nitrogen and oxygen atoms in total. The second-order valence-corrected chi connectivity index (χ2v) is 10.4. The van der Waals surface area contributed by atoms with Gasteiger partial charge in [0.1, 0.15) is 4.88 Å². The predicted octanol–water partition coefficient (Wildman–Crippen LogP) is 3.38. The van der Waals surface area contributed by atoms with Gasteiger partial charge in [0, 0.05) is 20.7 Å². The van der Waals surface area contributed by atoms with E-state index in [1.54, 1.807) is 32.4 Å². The number of hydrogen-bond acceptors (Lipinski definition) is 9. The molecule has 0 saturated carbocycles. The van der Waals surface area contributed by atoms with Crippen molar-refractivity contribution in [3.8, 4) is 10.7 Å². The predicted molar refractivity (Wildman–Crippen MR) is 127 cm³/mol. The van der Waals surface area contributed by atoms with E-state index < -0.39 is 0 Å². The van der Waals surface area contributed by atoms with Crippen molar-refractivity contribution in [1.82, 2.24) is 24.6 Å². The van der Waals surface area contributed by atoms with Crippen molar-refractivity contribution < 1.29 is 14.3 Å². The van der Waals surface area contributed by atoms with Gasteiger partial charge in [0.2, 0.25) is 5.91 Å². The maximum Gasteiger partial charge on any atom is 0.265 e. The first-order chi connectivity index (χ1) is 15.4. The molecule has 0 radical (unpaired) electrons. The number of carbonyl (C=O) groups excluding carboxylic acids is 2. The van der Waals surface area contributed by atoms with Crippen molar-refractivity contribution in [2.24, 2.45) is 0 Å². The summed E-state index contributed by atoms with van der Waals surface area (Å²) in [6.45, 7) is 3.20. The zero-order chi connectivity index (χ0) is 22.7. The number of nitrogens with one attached hydrogen (secondary N) is 1. The molecule has 3 aromatic heterocycles. The van der Waals surface area contributed by atoms with Crippen LogP contribution in [0, 0.1) is 6.92 Å². The van der Waals surface area contributed by atoms with Crippen molar-refractivity contribution in [2.45, 2.75) is 37.6 Å². The van der Waals surface area contributed by atoms with Crippen LogP contribution in [-0.2, 0) is 16.1 Å². The lowest BCUT2D eigenvalue weighted by molar-refractivity contribution is -0.113. The number of thioether (sulfide) groups is 1. The molecule has 12 heteroatoms. The van der Waals surface area contributed by atoms with Crippen molar-refractivity contribution in [3.63, 3.8) is 0 Å². The lowest BCUT2D eigenvalue weighted by atomic mass is 10.2. The van der Waals surface area contributed by atoms with Gasteiger partial charge in [-0.15, -0.1) is 21.5 Å². The lowest BCUT2D eigenvalue weighted by Crippen LogP contribution is -2.21. The van der Waals surface area contributed by atoms with Crippen LogP contribution in [0.4, 0.5) is 5.13 Å². The third kappa shape index (κ3) is 5.20. The van der Waals surface area contributed by atoms with E-state index in [0.29, 0.717) is 27.4 Å². The summed E-state index contributed by atoms with van der Waals surface area (Å²) in [5.74, 6) is 0.611. The van der Waals surface area contributed by atoms with Crippen molar-refractivity contribution in [3.05, 3.63) is 28.1 Å². The number of nitrogens with zero attached hydrogens (tertiary/aromatic N) is 5. The van der Waals surface area contributed by atoms with Crippen LogP contribution in [0.15, 0.2) is 22.7 Å². The van der Waals surface area contributed by atoms with Crippen LogP contribution < -0.4 is 5.32 Å². The number of hydrogen-bond donors (Lipinski definition) is 1. The minimum Gasteiger partial charge on any atom is -0.376 e. The summed E-state index contributed by atoms with van der Waals surface area (Å²) in [5, 5.41) is 14.6. The smallest absolute Gasteiger partial charge is 0.265 e. The summed E-state index contributed by atoms with van der Waals surface area (Å²) in [4.78, 5) is 32.1. The fourth-order valence-electron chi connectivity index (χ4n) is 3.28. The van der Waals surface area contributed by atoms with Gasteiger partial charge >= 0.3 is 0 Å². The number of anilines is 1. The maximum absolute atomic E-state index is 12.6. The van der Waals surface area contributed by atoms with E-state index in [4.69, 9.17) is 4.74 Å². The molecule has 0 aromatic carbocycles. The molecule has 1 N–H and O–H groups in total. The molecule has 1 aliphatic rings. The number of aromatic nitrogens is 4. The number of thiophene rings is 1. The molecule has 2 amide bonds. The number of amides is 2. The Morgan fingerprint density at radius 2 is 2.22 bits per heavy atom. The molecule has 0 aliphatic carbocycles. The number of aryl methyl sites for hydroxylation is 1. The van der Waals surface area contributed by atoms with E-state index in [0.717, 1.165) is 30.2 Å². The first kappa shape index (κ1) is 22.9. The van der Waals surface area contributed by atoms with Crippen molar-refractivity contribution in [1.29, 1.82) is 0 Å². The zero-order valence-corrected chi connectivity index (χ0v) is 20.5. The molecule has 1 aliphatic heterocycles. The number of carbonyl (C=O) groups is 2. The second kappa shape index (κ2) is 10.1. The van der Waals surface area contributed by atoms with Crippen molar-refractivity contribution in [2.75, 3.05) is 31.8 Å². The average molecular weight is 493 g/mol. The summed E-state index contributed by atoms with van der Waals surface area (Å²) in [5.41, 5.74) is 0.605. The highest BCUT2D eigenvalue weighted by Gasteiger charge is 2.23. The van der Waals surface area contributed by atoms with Crippen LogP contribution >= 0.6 is 34.4 Å². The molecule has 3 aromatic rings. The number of ether oxygens (including phenoxy) is 1. The first-order valence-corrected chi connectivity index (χ1v) is 12.8. The van der Waals surface area contributed by atoms with Gasteiger partial charge in [0.15, 0.2) is 16.1 Å². The fourth-order valence-corrected chi connectivity index (χ4v) is 5.75. The average Bonchev–Trinajstić information content (AvgIpc) is 3.55. The lowest BCUT2D eigenvalue weighted by Gasteiger charge is -2.14. The van der Waals surface area contributed by atoms with Crippen molar-refractivity contribution >= 4 is 51.4 Å². The summed E-state index contributed by atoms with van der Waals surface area (Å²) >= 11 is 4.11. The van der Waals surface area contributed by atoms with Crippen LogP contribution in [0.3, 0.4) is 0 Å². The van der Waals surface area contributed by atoms with Crippen LogP contribution in [0.2, 0.25) is 0 Å². The molecule has 32 heavy (non-hydrogen) atoms. The highest BCUT2D eigenvalue weighted by atomic mass is 32.2. The molecule has 170 valence electrons. The number of rotatable bonds is 8. The summed E-state index contributed by atoms with van der Waals surface area (Å²) < 4.78 is 7.85. The standard InChI is InChI=1S/C20H24N6O3S3/c1-12-16(18(28)25(2)3)32-19(21-12)22-15(27)11-31-20-24-23-17(14-7-5-9-30-14)26(20)10-13-6-4-8-29-13/h5,7,9,13H,4,6,8,10-11H2,1-3H3,(H,21,22,27). The topological polar surface area (TPSA) is 102 Å². The normalized spacial score (nSPS) is 15.8. The summed E-state index contributed by atoms with van der Waals surface area (Å²) in [7, 11) is 3.38. The second-order valence-electron chi connectivity index (χ2n) is 7.50. The molecule has 1 fully saturated rings. The van der Waals surface area contributed by atoms with E-state index in [1.807, 2.05) is 22.1 Å². The number of thiazole rings is 1. The minimum absolute atomic E-state index is 0.127. The summed E-state index contributed by atoms with van der Waals surface area (Å²) in [6, 6.07) is 4.00. The van der Waals surface area contributed by atoms with Gasteiger partial charge in [-0.05, 0) is 31.2 Å². The quantitative estimate of drug-likeness (QED) is 0.481. The maximum atomic E-state index is 12.6. The van der Waals surface area contributed by atoms with Crippen LogP contribution in [0.25, 0.3) is 10.7 Å². The van der Waals surface area contributed by atoms with E-state index in [1.165, 1.54) is 28.0 Å². The van der Waals surface area contributed by atoms with E-state index in [-0.39, 0.29) is 23.7 Å². The molecule has 4 heterocycles. The Hall–Kier alpha value is -2.28. The molecule has 1 saturated heterocycles. The third-order valence-corrected chi connectivity index (χ3v) is 7.74. The largest absolute Gasteiger partial charge is 0.376 e. The summed E-state index contributed by atoms with van der Waals surface area (Å²) in [6.07, 6.45) is 2.19. The van der Waals surface area contributed by atoms with Gasteiger partial charge in [0.05, 0.1) is 29.0 Å². The zero-order valence-electron chi connectivity index (χ0n) is 18.0. The Labute approximate surface area is 198 Å². The monoisotopic (exact) mass is 492 g/mol. The van der Waals surface area contributed by atoms with Crippen LogP contribution in [0.5, 0.6) is 0 Å². The van der Waals surface area contributed by atoms with Gasteiger partial charge in [-0.25, -0.2) is 4.98 Å². The third-order valence-electron chi connectivity index (χ3n) is 4.84. The molecule has 1 atom stereocenters. The van der Waals surface area contributed by atoms with Gasteiger partial charge in [-0.3, -0.25) is 14.2 Å². The molecular weight excluding hydrogens is 468 g/mol. The van der Waals surface area contributed by atoms with E-state index in [9.17, 15) is 9.59 Å². The fraction of sp³-hybridized carbons (Fsp3) is 0.450. The van der Waals surface area contributed by atoms with Gasteiger partial charge < -0.3 is 15.0 Å². The van der Waals surface area contributed by atoms with Gasteiger partial charge in [-0.1, -0.05) is 29.2 Å². The van der Waals surface area contributed by atoms with Gasteiger partial charge in [-0.2, -0.15) is 0 Å². The minimum atomic E-state index is -0.211. The van der Waals surface area contributed by atoms with E-state index >= 15 is 0 Å². The molecule has 1 unspecified atom stereocenters. The molecule has 0 bridgehead atoms. The Morgan fingerprint density at radius 1 is 1.38 bits per heavy atom. The van der Waals surface area contributed by atoms with E-state index in [2.05, 4.69) is 20.5 Å². The van der Waals surface area contributed by atoms with Crippen LogP contribution in [-0.4, -0.2) is 69.0 Å².